The van der Waals surface area contributed by atoms with Gasteiger partial charge in [-0.05, 0) is 59.9 Å². The van der Waals surface area contributed by atoms with E-state index in [-0.39, 0.29) is 24.0 Å². The Kier molecular flexibility index (Phi) is 8.37. The van der Waals surface area contributed by atoms with Crippen LogP contribution in [0.5, 0.6) is 5.75 Å². The van der Waals surface area contributed by atoms with Crippen molar-refractivity contribution >= 4 is 41.3 Å². The molecule has 0 saturated carbocycles. The number of aliphatic imine (C=N–C) groups is 1. The van der Waals surface area contributed by atoms with Gasteiger partial charge in [-0.15, -0.1) is 24.0 Å². The lowest BCUT2D eigenvalue weighted by Crippen LogP contribution is -2.39. The molecule has 1 aromatic carbocycles. The maximum atomic E-state index is 10.6. The minimum atomic E-state index is -0.956. The van der Waals surface area contributed by atoms with Gasteiger partial charge in [-0.1, -0.05) is 12.1 Å². The van der Waals surface area contributed by atoms with Crippen molar-refractivity contribution in [2.24, 2.45) is 4.99 Å². The third-order valence-corrected chi connectivity index (χ3v) is 5.18. The molecule has 2 heterocycles. The van der Waals surface area contributed by atoms with Crippen LogP contribution in [0, 0.1) is 0 Å². The number of rotatable bonds is 7. The standard InChI is InChI=1S/C20H27N3O2S.HI/c1-3-21-19(23-14-20(2,24)17-8-11-26-13-17)22-9-6-15-4-5-18-16(12-15)7-10-25-18;/h4-5,8,11-13,24H,3,6-7,9-10,14H2,1-2H3,(H2,21,22,23);1H. The quantitative estimate of drug-likeness (QED) is 0.310. The fourth-order valence-corrected chi connectivity index (χ4v) is 3.74. The van der Waals surface area contributed by atoms with Crippen LogP contribution in [0.2, 0.25) is 0 Å². The van der Waals surface area contributed by atoms with E-state index in [9.17, 15) is 5.11 Å². The van der Waals surface area contributed by atoms with Crippen LogP contribution in [0.3, 0.4) is 0 Å². The Labute approximate surface area is 182 Å². The van der Waals surface area contributed by atoms with Crippen LogP contribution >= 0.6 is 35.3 Å². The van der Waals surface area contributed by atoms with Crippen molar-refractivity contribution in [2.45, 2.75) is 32.3 Å². The Morgan fingerprint density at radius 3 is 2.93 bits per heavy atom. The highest BCUT2D eigenvalue weighted by atomic mass is 127. The molecule has 0 radical (unpaired) electrons. The molecule has 0 bridgehead atoms. The van der Waals surface area contributed by atoms with Crippen molar-refractivity contribution in [3.8, 4) is 5.75 Å². The lowest BCUT2D eigenvalue weighted by atomic mass is 10.00. The molecular formula is C20H28IN3O2S. The smallest absolute Gasteiger partial charge is 0.191 e. The predicted octanol–water partition coefficient (Wildman–Crippen LogP) is 3.31. The van der Waals surface area contributed by atoms with Crippen LogP contribution < -0.4 is 15.4 Å². The Morgan fingerprint density at radius 2 is 2.19 bits per heavy atom. The summed E-state index contributed by atoms with van der Waals surface area (Å²) in [5, 5.41) is 21.1. The summed E-state index contributed by atoms with van der Waals surface area (Å²) in [5.41, 5.74) is 2.54. The van der Waals surface area contributed by atoms with Crippen molar-refractivity contribution in [3.05, 3.63) is 51.7 Å². The third-order valence-electron chi connectivity index (χ3n) is 4.49. The molecule has 1 atom stereocenters. The van der Waals surface area contributed by atoms with Crippen molar-refractivity contribution in [3.63, 3.8) is 0 Å². The monoisotopic (exact) mass is 501 g/mol. The molecule has 0 spiro atoms. The molecule has 1 unspecified atom stereocenters. The van der Waals surface area contributed by atoms with Crippen LogP contribution in [0.1, 0.15) is 30.5 Å². The fraction of sp³-hybridized carbons (Fsp3) is 0.450. The van der Waals surface area contributed by atoms with E-state index in [4.69, 9.17) is 4.74 Å². The van der Waals surface area contributed by atoms with E-state index >= 15 is 0 Å². The second kappa shape index (κ2) is 10.3. The van der Waals surface area contributed by atoms with Gasteiger partial charge in [-0.25, -0.2) is 4.99 Å². The average molecular weight is 501 g/mol. The van der Waals surface area contributed by atoms with Gasteiger partial charge in [-0.3, -0.25) is 0 Å². The maximum absolute atomic E-state index is 10.6. The van der Waals surface area contributed by atoms with Crippen LogP contribution in [0.4, 0.5) is 0 Å². The summed E-state index contributed by atoms with van der Waals surface area (Å²) in [5.74, 6) is 1.75. The molecule has 1 aliphatic heterocycles. The zero-order valence-electron chi connectivity index (χ0n) is 15.8. The number of hydrogen-bond acceptors (Lipinski definition) is 4. The lowest BCUT2D eigenvalue weighted by Gasteiger charge is -2.21. The molecule has 27 heavy (non-hydrogen) atoms. The molecule has 148 valence electrons. The van der Waals surface area contributed by atoms with E-state index in [2.05, 4.69) is 33.8 Å². The summed E-state index contributed by atoms with van der Waals surface area (Å²) in [6, 6.07) is 8.36. The number of halogens is 1. The number of benzene rings is 1. The fourth-order valence-electron chi connectivity index (χ4n) is 2.96. The molecule has 0 aliphatic carbocycles. The van der Waals surface area contributed by atoms with E-state index < -0.39 is 5.60 Å². The Morgan fingerprint density at radius 1 is 1.33 bits per heavy atom. The summed E-state index contributed by atoms with van der Waals surface area (Å²) in [6.07, 6.45) is 1.91. The highest BCUT2D eigenvalue weighted by Gasteiger charge is 2.23. The van der Waals surface area contributed by atoms with Gasteiger partial charge in [0.1, 0.15) is 11.4 Å². The van der Waals surface area contributed by atoms with Crippen LogP contribution in [0.15, 0.2) is 40.0 Å². The molecule has 0 fully saturated rings. The first-order valence-corrected chi connectivity index (χ1v) is 10.0. The highest BCUT2D eigenvalue weighted by molar-refractivity contribution is 14.0. The van der Waals surface area contributed by atoms with E-state index in [1.807, 2.05) is 23.8 Å². The van der Waals surface area contributed by atoms with Gasteiger partial charge in [0, 0.05) is 19.5 Å². The van der Waals surface area contributed by atoms with Gasteiger partial charge in [0.25, 0.3) is 0 Å². The molecule has 1 aromatic heterocycles. The van der Waals surface area contributed by atoms with Gasteiger partial charge in [-0.2, -0.15) is 11.3 Å². The number of nitrogens with zero attached hydrogens (tertiary/aromatic N) is 1. The zero-order valence-corrected chi connectivity index (χ0v) is 19.0. The van der Waals surface area contributed by atoms with Crippen LogP contribution in [-0.2, 0) is 18.4 Å². The molecule has 0 saturated heterocycles. The van der Waals surface area contributed by atoms with Crippen LogP contribution in [0.25, 0.3) is 0 Å². The maximum Gasteiger partial charge on any atom is 0.191 e. The minimum absolute atomic E-state index is 0. The Bertz CT molecular complexity index is 748. The van der Waals surface area contributed by atoms with Crippen molar-refractivity contribution in [2.75, 3.05) is 26.2 Å². The second-order valence-electron chi connectivity index (χ2n) is 6.70. The van der Waals surface area contributed by atoms with Gasteiger partial charge in [0.2, 0.25) is 0 Å². The van der Waals surface area contributed by atoms with Crippen molar-refractivity contribution in [1.82, 2.24) is 10.6 Å². The second-order valence-corrected chi connectivity index (χ2v) is 7.48. The van der Waals surface area contributed by atoms with E-state index in [0.29, 0.717) is 6.54 Å². The summed E-state index contributed by atoms with van der Waals surface area (Å²) in [7, 11) is 0. The number of guanidine groups is 1. The topological polar surface area (TPSA) is 65.9 Å². The van der Waals surface area contributed by atoms with E-state index in [1.165, 1.54) is 11.1 Å². The van der Waals surface area contributed by atoms with E-state index in [1.54, 1.807) is 18.3 Å². The summed E-state index contributed by atoms with van der Waals surface area (Å²) >= 11 is 1.58. The number of aliphatic hydroxyl groups is 1. The first-order valence-electron chi connectivity index (χ1n) is 9.10. The number of fused-ring (bicyclic) bond motifs is 1. The molecular weight excluding hydrogens is 473 g/mol. The average Bonchev–Trinajstić information content (AvgIpc) is 3.31. The van der Waals surface area contributed by atoms with Crippen molar-refractivity contribution < 1.29 is 9.84 Å². The molecule has 3 N–H and O–H groups in total. The molecule has 7 heteroatoms. The first-order chi connectivity index (χ1) is 12.6. The Hall–Kier alpha value is -1.32. The van der Waals surface area contributed by atoms with Gasteiger partial charge in [0.15, 0.2) is 5.96 Å². The highest BCUT2D eigenvalue weighted by Crippen LogP contribution is 2.26. The lowest BCUT2D eigenvalue weighted by molar-refractivity contribution is 0.0677. The van der Waals surface area contributed by atoms with Gasteiger partial charge in [0.05, 0.1) is 13.2 Å². The largest absolute Gasteiger partial charge is 0.493 e. The summed E-state index contributed by atoms with van der Waals surface area (Å²) in [4.78, 5) is 4.56. The predicted molar refractivity (Wildman–Crippen MR) is 123 cm³/mol. The van der Waals surface area contributed by atoms with E-state index in [0.717, 1.165) is 49.8 Å². The Balaban J connectivity index is 0.00000261. The van der Waals surface area contributed by atoms with Gasteiger partial charge >= 0.3 is 0 Å². The summed E-state index contributed by atoms with van der Waals surface area (Å²) in [6.45, 7) is 6.51. The van der Waals surface area contributed by atoms with Gasteiger partial charge < -0.3 is 20.5 Å². The molecule has 5 nitrogen and oxygen atoms in total. The minimum Gasteiger partial charge on any atom is -0.493 e. The third kappa shape index (κ3) is 6.08. The number of ether oxygens (including phenoxy) is 1. The number of nitrogens with one attached hydrogen (secondary N) is 2. The molecule has 0 amide bonds. The molecule has 1 aliphatic rings. The molecule has 3 rings (SSSR count). The normalized spacial score (nSPS) is 15.3. The van der Waals surface area contributed by atoms with Crippen molar-refractivity contribution in [1.29, 1.82) is 0 Å². The SMILES string of the molecule is CCNC(=NCC(C)(O)c1ccsc1)NCCc1ccc2c(c1)CCO2.I. The van der Waals surface area contributed by atoms with Crippen LogP contribution in [-0.4, -0.2) is 37.3 Å². The summed E-state index contributed by atoms with van der Waals surface area (Å²) < 4.78 is 5.55. The number of hydrogen-bond donors (Lipinski definition) is 3. The first kappa shape index (κ1) is 22.0. The zero-order chi connectivity index (χ0) is 18.4. The number of thiophene rings is 1. The molecule has 2 aromatic rings.